The van der Waals surface area contributed by atoms with Gasteiger partial charge in [0.2, 0.25) is 0 Å². The van der Waals surface area contributed by atoms with E-state index in [1.165, 1.54) is 0 Å². The summed E-state index contributed by atoms with van der Waals surface area (Å²) in [4.78, 5) is 10.6. The number of hydrogen-bond donors (Lipinski definition) is 1. The summed E-state index contributed by atoms with van der Waals surface area (Å²) in [6.45, 7) is 5.28. The summed E-state index contributed by atoms with van der Waals surface area (Å²) in [5.74, 6) is 0.653. The van der Waals surface area contributed by atoms with Gasteiger partial charge in [-0.25, -0.2) is 0 Å². The number of nitro groups is 1. The molecule has 100 valence electrons. The van der Waals surface area contributed by atoms with Gasteiger partial charge in [0.05, 0.1) is 11.5 Å². The first-order valence-electron chi connectivity index (χ1n) is 6.13. The molecule has 18 heavy (non-hydrogen) atoms. The molecule has 0 radical (unpaired) electrons. The van der Waals surface area contributed by atoms with Crippen LogP contribution in [0.15, 0.2) is 18.2 Å². The van der Waals surface area contributed by atoms with Crippen molar-refractivity contribution in [3.8, 4) is 5.75 Å². The quantitative estimate of drug-likeness (QED) is 0.597. The second-order valence-corrected chi connectivity index (χ2v) is 4.39. The molecule has 0 aromatic heterocycles. The Kier molecular flexibility index (Phi) is 5.58. The molecule has 1 N–H and O–H groups in total. The molecular weight excluding hydrogens is 232 g/mol. The maximum Gasteiger partial charge on any atom is 0.311 e. The predicted molar refractivity (Wildman–Crippen MR) is 71.1 cm³/mol. The fourth-order valence-electron chi connectivity index (χ4n) is 1.69. The Morgan fingerprint density at radius 1 is 1.50 bits per heavy atom. The SMILES string of the molecule is CCc1ccc(OCC(C)CNC)c([N+](=O)[O-])c1. The maximum absolute atomic E-state index is 11.0. The lowest BCUT2D eigenvalue weighted by Crippen LogP contribution is -2.21. The Labute approximate surface area is 107 Å². The molecule has 0 saturated carbocycles. The zero-order valence-electron chi connectivity index (χ0n) is 11.1. The number of ether oxygens (including phenoxy) is 1. The molecule has 0 amide bonds. The third-order valence-corrected chi connectivity index (χ3v) is 2.70. The molecule has 0 aliphatic rings. The summed E-state index contributed by atoms with van der Waals surface area (Å²) < 4.78 is 5.53. The molecule has 5 heteroatoms. The summed E-state index contributed by atoms with van der Waals surface area (Å²) in [5, 5.41) is 14.0. The molecule has 0 bridgehead atoms. The number of hydrogen-bond acceptors (Lipinski definition) is 4. The number of rotatable bonds is 7. The third-order valence-electron chi connectivity index (χ3n) is 2.70. The van der Waals surface area contributed by atoms with Gasteiger partial charge in [0, 0.05) is 18.5 Å². The van der Waals surface area contributed by atoms with Crippen LogP contribution in [0.25, 0.3) is 0 Å². The molecule has 0 heterocycles. The molecule has 1 aromatic carbocycles. The van der Waals surface area contributed by atoms with Crippen LogP contribution in [0.5, 0.6) is 5.75 Å². The Morgan fingerprint density at radius 3 is 2.78 bits per heavy atom. The molecule has 0 fully saturated rings. The number of nitro benzene ring substituents is 1. The van der Waals surface area contributed by atoms with Crippen LogP contribution in [0, 0.1) is 16.0 Å². The monoisotopic (exact) mass is 252 g/mol. The van der Waals surface area contributed by atoms with E-state index < -0.39 is 4.92 Å². The number of benzene rings is 1. The zero-order chi connectivity index (χ0) is 13.5. The van der Waals surface area contributed by atoms with Gasteiger partial charge in [0.1, 0.15) is 0 Å². The summed E-state index contributed by atoms with van der Waals surface area (Å²) in [6, 6.07) is 5.13. The van der Waals surface area contributed by atoms with E-state index in [0.29, 0.717) is 18.3 Å². The summed E-state index contributed by atoms with van der Waals surface area (Å²) >= 11 is 0. The van der Waals surface area contributed by atoms with Crippen molar-refractivity contribution in [2.24, 2.45) is 5.92 Å². The smallest absolute Gasteiger partial charge is 0.311 e. The minimum atomic E-state index is -0.392. The topological polar surface area (TPSA) is 64.4 Å². The van der Waals surface area contributed by atoms with Crippen molar-refractivity contribution in [3.05, 3.63) is 33.9 Å². The average Bonchev–Trinajstić information content (AvgIpc) is 2.36. The summed E-state index contributed by atoms with van der Waals surface area (Å²) in [7, 11) is 1.87. The Bertz CT molecular complexity index is 407. The molecule has 0 spiro atoms. The van der Waals surface area contributed by atoms with Gasteiger partial charge < -0.3 is 10.1 Å². The first kappa shape index (κ1) is 14.4. The van der Waals surface area contributed by atoms with Gasteiger partial charge in [0.25, 0.3) is 0 Å². The van der Waals surface area contributed by atoms with Gasteiger partial charge in [-0.05, 0) is 25.1 Å². The van der Waals surface area contributed by atoms with Crippen LogP contribution >= 0.6 is 0 Å². The fraction of sp³-hybridized carbons (Fsp3) is 0.538. The van der Waals surface area contributed by atoms with Crippen LogP contribution in [-0.4, -0.2) is 25.1 Å². The Hall–Kier alpha value is -1.62. The second-order valence-electron chi connectivity index (χ2n) is 4.39. The summed E-state index contributed by atoms with van der Waals surface area (Å²) in [5.41, 5.74) is 0.989. The lowest BCUT2D eigenvalue weighted by Gasteiger charge is -2.12. The highest BCUT2D eigenvalue weighted by molar-refractivity contribution is 5.48. The van der Waals surface area contributed by atoms with Crippen molar-refractivity contribution in [2.75, 3.05) is 20.2 Å². The summed E-state index contributed by atoms with van der Waals surface area (Å²) in [6.07, 6.45) is 0.775. The van der Waals surface area contributed by atoms with Gasteiger partial charge in [-0.2, -0.15) is 0 Å². The van der Waals surface area contributed by atoms with Crippen molar-refractivity contribution < 1.29 is 9.66 Å². The van der Waals surface area contributed by atoms with E-state index in [1.807, 2.05) is 27.0 Å². The second kappa shape index (κ2) is 6.96. The molecule has 0 saturated heterocycles. The largest absolute Gasteiger partial charge is 0.486 e. The Morgan fingerprint density at radius 2 is 2.22 bits per heavy atom. The van der Waals surface area contributed by atoms with Crippen LogP contribution in [0.1, 0.15) is 19.4 Å². The Balaban J connectivity index is 2.78. The lowest BCUT2D eigenvalue weighted by atomic mass is 10.1. The first-order valence-corrected chi connectivity index (χ1v) is 6.13. The molecular formula is C13H20N2O3. The highest BCUT2D eigenvalue weighted by Crippen LogP contribution is 2.28. The van der Waals surface area contributed by atoms with Crippen molar-refractivity contribution >= 4 is 5.69 Å². The van der Waals surface area contributed by atoms with Gasteiger partial charge in [-0.1, -0.05) is 19.9 Å². The van der Waals surface area contributed by atoms with Crippen LogP contribution in [0.2, 0.25) is 0 Å². The standard InChI is InChI=1S/C13H20N2O3/c1-4-11-5-6-13(12(7-11)15(16)17)18-9-10(2)8-14-3/h5-7,10,14H,4,8-9H2,1-3H3. The predicted octanol–water partition coefficient (Wildman–Crippen LogP) is 2.39. The van der Waals surface area contributed by atoms with E-state index in [1.54, 1.807) is 12.1 Å². The normalized spacial score (nSPS) is 12.2. The molecule has 1 atom stereocenters. The van der Waals surface area contributed by atoms with E-state index in [9.17, 15) is 10.1 Å². The van der Waals surface area contributed by atoms with Crippen molar-refractivity contribution in [1.82, 2.24) is 5.32 Å². The van der Waals surface area contributed by atoms with Gasteiger partial charge in [0.15, 0.2) is 5.75 Å². The van der Waals surface area contributed by atoms with Crippen LogP contribution in [0.4, 0.5) is 5.69 Å². The third kappa shape index (κ3) is 4.00. The highest BCUT2D eigenvalue weighted by atomic mass is 16.6. The van der Waals surface area contributed by atoms with Gasteiger partial charge in [-0.15, -0.1) is 0 Å². The van der Waals surface area contributed by atoms with E-state index in [2.05, 4.69) is 5.32 Å². The highest BCUT2D eigenvalue weighted by Gasteiger charge is 2.16. The molecule has 0 aliphatic carbocycles. The van der Waals surface area contributed by atoms with Gasteiger partial charge >= 0.3 is 5.69 Å². The number of nitrogens with one attached hydrogen (secondary N) is 1. The van der Waals surface area contributed by atoms with Crippen molar-refractivity contribution in [3.63, 3.8) is 0 Å². The molecule has 1 aromatic rings. The van der Waals surface area contributed by atoms with E-state index in [-0.39, 0.29) is 5.69 Å². The molecule has 5 nitrogen and oxygen atoms in total. The van der Waals surface area contributed by atoms with Crippen molar-refractivity contribution in [1.29, 1.82) is 0 Å². The molecule has 1 unspecified atom stereocenters. The van der Waals surface area contributed by atoms with Crippen molar-refractivity contribution in [2.45, 2.75) is 20.3 Å². The van der Waals surface area contributed by atoms with Crippen LogP contribution < -0.4 is 10.1 Å². The zero-order valence-corrected chi connectivity index (χ0v) is 11.1. The molecule has 1 rings (SSSR count). The average molecular weight is 252 g/mol. The molecule has 0 aliphatic heterocycles. The minimum Gasteiger partial charge on any atom is -0.486 e. The minimum absolute atomic E-state index is 0.0472. The fourth-order valence-corrected chi connectivity index (χ4v) is 1.69. The number of aryl methyl sites for hydroxylation is 1. The number of nitrogens with zero attached hydrogens (tertiary/aromatic N) is 1. The van der Waals surface area contributed by atoms with E-state index >= 15 is 0 Å². The van der Waals surface area contributed by atoms with Gasteiger partial charge in [-0.3, -0.25) is 10.1 Å². The maximum atomic E-state index is 11.0. The van der Waals surface area contributed by atoms with Crippen LogP contribution in [0.3, 0.4) is 0 Å². The van der Waals surface area contributed by atoms with E-state index in [4.69, 9.17) is 4.74 Å². The first-order chi connectivity index (χ1) is 8.58. The van der Waals surface area contributed by atoms with E-state index in [0.717, 1.165) is 18.5 Å². The lowest BCUT2D eigenvalue weighted by molar-refractivity contribution is -0.386. The van der Waals surface area contributed by atoms with Crippen LogP contribution in [-0.2, 0) is 6.42 Å².